The molecule has 0 saturated carbocycles. The van der Waals surface area contributed by atoms with Crippen molar-refractivity contribution >= 4 is 34.5 Å². The fourth-order valence-electron chi connectivity index (χ4n) is 2.04. The number of aromatic amines is 1. The first-order chi connectivity index (χ1) is 11.3. The number of carbonyl (C=O) groups excluding carboxylic acids is 1. The van der Waals surface area contributed by atoms with E-state index in [0.717, 1.165) is 0 Å². The number of hydrogen-bond donors (Lipinski definition) is 2. The second kappa shape index (κ2) is 6.08. The van der Waals surface area contributed by atoms with Crippen LogP contribution in [0.1, 0.15) is 10.4 Å². The van der Waals surface area contributed by atoms with E-state index in [9.17, 15) is 22.8 Å². The Hall–Kier alpha value is -2.68. The number of thioether (sulfide) groups is 1. The van der Waals surface area contributed by atoms with Crippen molar-refractivity contribution < 1.29 is 22.4 Å². The van der Waals surface area contributed by atoms with Crippen molar-refractivity contribution in [2.45, 2.75) is 10.4 Å². The number of anilines is 1. The number of nitrogens with one attached hydrogen (secondary N) is 2. The molecule has 2 aromatic carbocycles. The van der Waals surface area contributed by atoms with Crippen molar-refractivity contribution in [2.24, 2.45) is 0 Å². The normalized spacial score (nSPS) is 11.6. The lowest BCUT2D eigenvalue weighted by atomic mass is 10.2. The second-order valence-corrected chi connectivity index (χ2v) is 5.89. The number of hydrogen-bond acceptors (Lipinski definition) is 4. The number of halogens is 3. The Labute approximate surface area is 136 Å². The molecule has 0 unspecified atom stereocenters. The Kier molecular flexibility index (Phi) is 4.10. The minimum atomic E-state index is -4.37. The SMILES string of the molecule is O=C(Nc1ccc2oc(=O)[nH]c2c1)c1ccc(SC(F)(F)F)cc1. The first kappa shape index (κ1) is 16.2. The minimum Gasteiger partial charge on any atom is -0.408 e. The maximum absolute atomic E-state index is 12.3. The number of oxazole rings is 1. The molecule has 0 fully saturated rings. The lowest BCUT2D eigenvalue weighted by Crippen LogP contribution is -2.11. The topological polar surface area (TPSA) is 75.1 Å². The molecule has 1 heterocycles. The van der Waals surface area contributed by atoms with Crippen LogP contribution < -0.4 is 11.1 Å². The van der Waals surface area contributed by atoms with Gasteiger partial charge in [0.1, 0.15) is 0 Å². The first-order valence-corrected chi connectivity index (χ1v) is 7.42. The molecule has 124 valence electrons. The van der Waals surface area contributed by atoms with Crippen LogP contribution in [0.25, 0.3) is 11.1 Å². The summed E-state index contributed by atoms with van der Waals surface area (Å²) in [6, 6.07) is 9.65. The first-order valence-electron chi connectivity index (χ1n) is 6.60. The van der Waals surface area contributed by atoms with Crippen LogP contribution in [0.15, 0.2) is 56.6 Å². The van der Waals surface area contributed by atoms with Gasteiger partial charge in [0.2, 0.25) is 0 Å². The van der Waals surface area contributed by atoms with E-state index in [1.165, 1.54) is 36.4 Å². The van der Waals surface area contributed by atoms with Gasteiger partial charge in [-0.15, -0.1) is 0 Å². The van der Waals surface area contributed by atoms with Crippen molar-refractivity contribution in [2.75, 3.05) is 5.32 Å². The molecule has 3 aromatic rings. The van der Waals surface area contributed by atoms with Gasteiger partial charge >= 0.3 is 11.3 Å². The Balaban J connectivity index is 1.74. The smallest absolute Gasteiger partial charge is 0.408 e. The van der Waals surface area contributed by atoms with Gasteiger partial charge in [-0.2, -0.15) is 13.2 Å². The summed E-state index contributed by atoms with van der Waals surface area (Å²) < 4.78 is 41.7. The summed E-state index contributed by atoms with van der Waals surface area (Å²) in [6.07, 6.45) is 0. The molecule has 0 bridgehead atoms. The quantitative estimate of drug-likeness (QED) is 0.698. The maximum Gasteiger partial charge on any atom is 0.446 e. The van der Waals surface area contributed by atoms with Crippen LogP contribution in [0.4, 0.5) is 18.9 Å². The average Bonchev–Trinajstić information content (AvgIpc) is 2.85. The number of alkyl halides is 3. The van der Waals surface area contributed by atoms with Gasteiger partial charge < -0.3 is 9.73 Å². The van der Waals surface area contributed by atoms with Crippen molar-refractivity contribution in [3.05, 3.63) is 58.6 Å². The standard InChI is InChI=1S/C15H9F3N2O3S/c16-15(17,18)24-10-4-1-8(2-5-10)13(21)19-9-3-6-12-11(7-9)20-14(22)23-12/h1-7H,(H,19,21)(H,20,22). The van der Waals surface area contributed by atoms with Gasteiger partial charge in [0.05, 0.1) is 5.52 Å². The van der Waals surface area contributed by atoms with Crippen molar-refractivity contribution in [1.82, 2.24) is 4.98 Å². The van der Waals surface area contributed by atoms with Gasteiger partial charge in [0.25, 0.3) is 5.91 Å². The second-order valence-electron chi connectivity index (χ2n) is 4.75. The summed E-state index contributed by atoms with van der Waals surface area (Å²) in [7, 11) is 0. The fourth-order valence-corrected chi connectivity index (χ4v) is 2.58. The lowest BCUT2D eigenvalue weighted by molar-refractivity contribution is -0.0328. The zero-order valence-electron chi connectivity index (χ0n) is 11.8. The Morgan fingerprint density at radius 2 is 1.83 bits per heavy atom. The summed E-state index contributed by atoms with van der Waals surface area (Å²) in [5.74, 6) is -1.09. The van der Waals surface area contributed by atoms with Crippen LogP contribution in [-0.2, 0) is 0 Å². The zero-order valence-corrected chi connectivity index (χ0v) is 12.6. The van der Waals surface area contributed by atoms with Gasteiger partial charge in [0, 0.05) is 16.1 Å². The predicted octanol–water partition coefficient (Wildman–Crippen LogP) is 3.99. The molecule has 2 N–H and O–H groups in total. The van der Waals surface area contributed by atoms with E-state index in [1.807, 2.05) is 0 Å². The van der Waals surface area contributed by atoms with Crippen LogP contribution in [0.2, 0.25) is 0 Å². The number of fused-ring (bicyclic) bond motifs is 1. The van der Waals surface area contributed by atoms with E-state index in [-0.39, 0.29) is 22.2 Å². The van der Waals surface area contributed by atoms with Gasteiger partial charge in [-0.05, 0) is 54.2 Å². The number of carbonyl (C=O) groups is 1. The van der Waals surface area contributed by atoms with E-state index in [1.54, 1.807) is 6.07 Å². The number of H-pyrrole nitrogens is 1. The van der Waals surface area contributed by atoms with Crippen LogP contribution in [0.5, 0.6) is 0 Å². The van der Waals surface area contributed by atoms with Gasteiger partial charge in [0.15, 0.2) is 5.58 Å². The molecule has 0 aliphatic rings. The highest BCUT2D eigenvalue weighted by molar-refractivity contribution is 8.00. The zero-order chi connectivity index (χ0) is 17.3. The van der Waals surface area contributed by atoms with Gasteiger partial charge in [-0.1, -0.05) is 0 Å². The number of benzene rings is 2. The predicted molar refractivity (Wildman–Crippen MR) is 83.1 cm³/mol. The third-order valence-corrected chi connectivity index (χ3v) is 3.77. The summed E-state index contributed by atoms with van der Waals surface area (Å²) in [5.41, 5.74) is -2.97. The molecule has 0 radical (unpaired) electrons. The summed E-state index contributed by atoms with van der Waals surface area (Å²) in [4.78, 5) is 25.7. The Morgan fingerprint density at radius 3 is 2.50 bits per heavy atom. The summed E-state index contributed by atoms with van der Waals surface area (Å²) in [6.45, 7) is 0. The maximum atomic E-state index is 12.3. The van der Waals surface area contributed by atoms with E-state index < -0.39 is 17.2 Å². The molecular formula is C15H9F3N2O3S. The third kappa shape index (κ3) is 3.80. The summed E-state index contributed by atoms with van der Waals surface area (Å²) >= 11 is -0.247. The number of rotatable bonds is 3. The van der Waals surface area contributed by atoms with Crippen molar-refractivity contribution in [1.29, 1.82) is 0 Å². The molecular weight excluding hydrogens is 345 g/mol. The molecule has 0 spiro atoms. The Bertz CT molecular complexity index is 945. The average molecular weight is 354 g/mol. The lowest BCUT2D eigenvalue weighted by Gasteiger charge is -2.07. The molecule has 0 saturated heterocycles. The molecule has 24 heavy (non-hydrogen) atoms. The number of amides is 1. The van der Waals surface area contributed by atoms with Crippen LogP contribution in [0.3, 0.4) is 0 Å². The van der Waals surface area contributed by atoms with Gasteiger partial charge in [-0.3, -0.25) is 9.78 Å². The minimum absolute atomic E-state index is 0.00329. The van der Waals surface area contributed by atoms with E-state index >= 15 is 0 Å². The van der Waals surface area contributed by atoms with Crippen LogP contribution >= 0.6 is 11.8 Å². The third-order valence-electron chi connectivity index (χ3n) is 3.03. The molecule has 0 aliphatic carbocycles. The van der Waals surface area contributed by atoms with E-state index in [2.05, 4.69) is 10.3 Å². The molecule has 1 aromatic heterocycles. The monoisotopic (exact) mass is 354 g/mol. The molecule has 0 atom stereocenters. The molecule has 0 aliphatic heterocycles. The molecule has 3 rings (SSSR count). The largest absolute Gasteiger partial charge is 0.446 e. The molecule has 5 nitrogen and oxygen atoms in total. The summed E-state index contributed by atoms with van der Waals surface area (Å²) in [5, 5.41) is 2.60. The van der Waals surface area contributed by atoms with Crippen molar-refractivity contribution in [3.63, 3.8) is 0 Å². The van der Waals surface area contributed by atoms with E-state index in [4.69, 9.17) is 4.42 Å². The highest BCUT2D eigenvalue weighted by Crippen LogP contribution is 2.36. The number of aromatic nitrogens is 1. The van der Waals surface area contributed by atoms with Crippen molar-refractivity contribution in [3.8, 4) is 0 Å². The van der Waals surface area contributed by atoms with Crippen LogP contribution in [0, 0.1) is 0 Å². The van der Waals surface area contributed by atoms with Crippen LogP contribution in [-0.4, -0.2) is 16.4 Å². The highest BCUT2D eigenvalue weighted by Gasteiger charge is 2.29. The molecule has 9 heteroatoms. The molecule has 1 amide bonds. The van der Waals surface area contributed by atoms with Gasteiger partial charge in [-0.25, -0.2) is 4.79 Å². The fraction of sp³-hybridized carbons (Fsp3) is 0.0667. The Morgan fingerprint density at radius 1 is 1.12 bits per heavy atom. The highest BCUT2D eigenvalue weighted by atomic mass is 32.2. The van der Waals surface area contributed by atoms with E-state index in [0.29, 0.717) is 16.8 Å².